The molecule has 1 aromatic carbocycles. The summed E-state index contributed by atoms with van der Waals surface area (Å²) in [6.07, 6.45) is -2.79. The number of Topliss-reactive ketones (excluding diaryl/α,β-unsaturated/α-hetero) is 1. The van der Waals surface area contributed by atoms with Crippen molar-refractivity contribution >= 4 is 33.5 Å². The van der Waals surface area contributed by atoms with E-state index >= 15 is 0 Å². The molecule has 0 unspecified atom stereocenters. The van der Waals surface area contributed by atoms with Gasteiger partial charge in [0.15, 0.2) is 5.78 Å². The highest BCUT2D eigenvalue weighted by atomic mass is 79.9. The number of rotatable bonds is 4. The van der Waals surface area contributed by atoms with Crippen molar-refractivity contribution in [3.8, 4) is 0 Å². The van der Waals surface area contributed by atoms with Crippen molar-refractivity contribution in [2.24, 2.45) is 0 Å². The van der Waals surface area contributed by atoms with Crippen LogP contribution in [-0.4, -0.2) is 17.4 Å². The molecule has 0 aromatic heterocycles. The van der Waals surface area contributed by atoms with E-state index in [1.165, 1.54) is 12.1 Å². The molecule has 1 rings (SSSR count). The molecule has 1 nitrogen and oxygen atoms in total. The van der Waals surface area contributed by atoms with Gasteiger partial charge < -0.3 is 0 Å². The van der Waals surface area contributed by atoms with Gasteiger partial charge in [-0.3, -0.25) is 4.79 Å². The van der Waals surface area contributed by atoms with Gasteiger partial charge in [0.2, 0.25) is 0 Å². The SMILES string of the molecule is CSc1cccc(C(F)(F)F)c1C(=O)CCBr. The minimum Gasteiger partial charge on any atom is -0.294 e. The Hall–Kier alpha value is -0.490. The summed E-state index contributed by atoms with van der Waals surface area (Å²) in [6.45, 7) is 0. The number of ketones is 1. The van der Waals surface area contributed by atoms with Crippen molar-refractivity contribution < 1.29 is 18.0 Å². The minimum absolute atomic E-state index is 0.0562. The molecule has 0 bridgehead atoms. The molecule has 1 aromatic rings. The van der Waals surface area contributed by atoms with E-state index in [0.717, 1.165) is 17.8 Å². The Balaban J connectivity index is 3.36. The summed E-state index contributed by atoms with van der Waals surface area (Å²) in [6, 6.07) is 3.79. The van der Waals surface area contributed by atoms with Crippen LogP contribution < -0.4 is 0 Å². The zero-order valence-electron chi connectivity index (χ0n) is 8.97. The van der Waals surface area contributed by atoms with Crippen molar-refractivity contribution in [3.05, 3.63) is 29.3 Å². The largest absolute Gasteiger partial charge is 0.417 e. The van der Waals surface area contributed by atoms with E-state index in [1.807, 2.05) is 0 Å². The molecule has 0 aliphatic carbocycles. The van der Waals surface area contributed by atoms with Crippen LogP contribution in [0.3, 0.4) is 0 Å². The van der Waals surface area contributed by atoms with E-state index in [2.05, 4.69) is 15.9 Å². The minimum atomic E-state index is -4.50. The molecular weight excluding hydrogens is 317 g/mol. The predicted molar refractivity (Wildman–Crippen MR) is 66.0 cm³/mol. The maximum atomic E-state index is 12.8. The molecular formula is C11H10BrF3OS. The van der Waals surface area contributed by atoms with Crippen LogP contribution >= 0.6 is 27.7 Å². The monoisotopic (exact) mass is 326 g/mol. The summed E-state index contributed by atoms with van der Waals surface area (Å²) in [5.74, 6) is -0.487. The van der Waals surface area contributed by atoms with Gasteiger partial charge in [0, 0.05) is 22.2 Å². The first-order chi connectivity index (χ1) is 7.91. The highest BCUT2D eigenvalue weighted by molar-refractivity contribution is 9.09. The number of alkyl halides is 4. The van der Waals surface area contributed by atoms with Gasteiger partial charge in [-0.15, -0.1) is 11.8 Å². The molecule has 0 aliphatic rings. The van der Waals surface area contributed by atoms with Crippen molar-refractivity contribution in [1.82, 2.24) is 0 Å². The average molecular weight is 327 g/mol. The third-order valence-corrected chi connectivity index (χ3v) is 3.33. The second-order valence-electron chi connectivity index (χ2n) is 3.24. The first kappa shape index (κ1) is 14.6. The van der Waals surface area contributed by atoms with Gasteiger partial charge in [-0.1, -0.05) is 22.0 Å². The number of halogens is 4. The normalized spacial score (nSPS) is 11.6. The first-order valence-corrected chi connectivity index (χ1v) is 7.09. The van der Waals surface area contributed by atoms with Gasteiger partial charge in [-0.2, -0.15) is 13.2 Å². The molecule has 0 fully saturated rings. The molecule has 0 radical (unpaired) electrons. The van der Waals surface area contributed by atoms with Crippen molar-refractivity contribution in [1.29, 1.82) is 0 Å². The van der Waals surface area contributed by atoms with Gasteiger partial charge in [0.25, 0.3) is 0 Å². The van der Waals surface area contributed by atoms with E-state index in [-0.39, 0.29) is 12.0 Å². The van der Waals surface area contributed by atoms with Gasteiger partial charge in [-0.05, 0) is 18.4 Å². The maximum absolute atomic E-state index is 12.8. The lowest BCUT2D eigenvalue weighted by Gasteiger charge is -2.14. The van der Waals surface area contributed by atoms with Crippen LogP contribution in [0.5, 0.6) is 0 Å². The molecule has 17 heavy (non-hydrogen) atoms. The Bertz CT molecular complexity index is 418. The number of carbonyl (C=O) groups excluding carboxylic acids is 1. The van der Waals surface area contributed by atoms with Gasteiger partial charge >= 0.3 is 6.18 Å². The smallest absolute Gasteiger partial charge is 0.294 e. The number of hydrogen-bond donors (Lipinski definition) is 0. The molecule has 0 saturated heterocycles. The van der Waals surface area contributed by atoms with Gasteiger partial charge in [0.05, 0.1) is 5.56 Å². The summed E-state index contributed by atoms with van der Waals surface area (Å²) in [7, 11) is 0. The third-order valence-electron chi connectivity index (χ3n) is 2.15. The summed E-state index contributed by atoms with van der Waals surface area (Å²) < 4.78 is 38.4. The lowest BCUT2D eigenvalue weighted by molar-refractivity contribution is -0.138. The molecule has 94 valence electrons. The topological polar surface area (TPSA) is 17.1 Å². The molecule has 0 heterocycles. The van der Waals surface area contributed by atoms with Gasteiger partial charge in [0.1, 0.15) is 0 Å². The standard InChI is InChI=1S/C11H10BrF3OS/c1-17-9-4-2-3-7(11(13,14)15)10(9)8(16)5-6-12/h2-4H,5-6H2,1H3. The van der Waals surface area contributed by atoms with Crippen molar-refractivity contribution in [3.63, 3.8) is 0 Å². The van der Waals surface area contributed by atoms with E-state index in [0.29, 0.717) is 10.2 Å². The Morgan fingerprint density at radius 3 is 2.53 bits per heavy atom. The lowest BCUT2D eigenvalue weighted by Crippen LogP contribution is -2.14. The number of thioether (sulfide) groups is 1. The fourth-order valence-electron chi connectivity index (χ4n) is 1.44. The number of hydrogen-bond acceptors (Lipinski definition) is 2. The summed E-state index contributed by atoms with van der Waals surface area (Å²) in [5.41, 5.74) is -1.07. The Labute approximate surface area is 110 Å². The second kappa shape index (κ2) is 5.91. The molecule has 0 spiro atoms. The first-order valence-electron chi connectivity index (χ1n) is 4.75. The van der Waals surface area contributed by atoms with Crippen LogP contribution in [-0.2, 0) is 6.18 Å². The lowest BCUT2D eigenvalue weighted by atomic mass is 10.0. The van der Waals surface area contributed by atoms with Crippen LogP contribution in [0.1, 0.15) is 22.3 Å². The van der Waals surface area contributed by atoms with E-state index in [1.54, 1.807) is 6.26 Å². The molecule has 0 N–H and O–H groups in total. The van der Waals surface area contributed by atoms with Crippen LogP contribution in [0.15, 0.2) is 23.1 Å². The zero-order valence-corrected chi connectivity index (χ0v) is 11.4. The predicted octanol–water partition coefficient (Wildman–Crippen LogP) is 4.40. The van der Waals surface area contributed by atoms with E-state index in [9.17, 15) is 18.0 Å². The van der Waals surface area contributed by atoms with Crippen LogP contribution in [0.25, 0.3) is 0 Å². The third kappa shape index (κ3) is 3.48. The molecule has 0 amide bonds. The van der Waals surface area contributed by atoms with Gasteiger partial charge in [-0.25, -0.2) is 0 Å². The Morgan fingerprint density at radius 2 is 2.06 bits per heavy atom. The number of benzene rings is 1. The summed E-state index contributed by atoms with van der Waals surface area (Å²) in [4.78, 5) is 12.1. The van der Waals surface area contributed by atoms with Crippen molar-refractivity contribution in [2.45, 2.75) is 17.5 Å². The van der Waals surface area contributed by atoms with Crippen LogP contribution in [0.4, 0.5) is 13.2 Å². The Morgan fingerprint density at radius 1 is 1.41 bits per heavy atom. The second-order valence-corrected chi connectivity index (χ2v) is 4.88. The van der Waals surface area contributed by atoms with E-state index in [4.69, 9.17) is 0 Å². The molecule has 0 atom stereocenters. The zero-order chi connectivity index (χ0) is 13.1. The molecule has 0 saturated carbocycles. The van der Waals surface area contributed by atoms with Crippen LogP contribution in [0.2, 0.25) is 0 Å². The maximum Gasteiger partial charge on any atom is 0.417 e. The van der Waals surface area contributed by atoms with Crippen LogP contribution in [0, 0.1) is 0 Å². The number of carbonyl (C=O) groups is 1. The molecule has 6 heteroatoms. The van der Waals surface area contributed by atoms with E-state index < -0.39 is 17.5 Å². The van der Waals surface area contributed by atoms with Crippen molar-refractivity contribution in [2.75, 3.05) is 11.6 Å². The highest BCUT2D eigenvalue weighted by Gasteiger charge is 2.35. The highest BCUT2D eigenvalue weighted by Crippen LogP contribution is 2.36. The summed E-state index contributed by atoms with van der Waals surface area (Å²) >= 11 is 4.20. The molecule has 0 aliphatic heterocycles. The quantitative estimate of drug-likeness (QED) is 0.463. The average Bonchev–Trinajstić information content (AvgIpc) is 2.27. The fraction of sp³-hybridized carbons (Fsp3) is 0.364. The Kier molecular flexibility index (Phi) is 5.06. The summed E-state index contributed by atoms with van der Waals surface area (Å²) in [5, 5.41) is 0.353. The fourth-order valence-corrected chi connectivity index (χ4v) is 2.44.